The average Bonchev–Trinajstić information content (AvgIpc) is 2.17. The minimum atomic E-state index is -3.46. The van der Waals surface area contributed by atoms with Crippen molar-refractivity contribution in [2.24, 2.45) is 0 Å². The zero-order valence-corrected chi connectivity index (χ0v) is 11.2. The van der Waals surface area contributed by atoms with Crippen LogP contribution in [0.25, 0.3) is 0 Å². The highest BCUT2D eigenvalue weighted by atomic mass is 79.9. The molecule has 0 heterocycles. The number of nitrogens with one attached hydrogen (secondary N) is 1. The summed E-state index contributed by atoms with van der Waals surface area (Å²) in [6, 6.07) is 6.17. The molecule has 1 unspecified atom stereocenters. The third kappa shape index (κ3) is 3.63. The fourth-order valence-electron chi connectivity index (χ4n) is 1.17. The molecule has 1 aromatic carbocycles. The second-order valence-electron chi connectivity index (χ2n) is 3.38. The summed E-state index contributed by atoms with van der Waals surface area (Å²) < 4.78 is 27.0. The van der Waals surface area contributed by atoms with Gasteiger partial charge in [0.2, 0.25) is 10.0 Å². The van der Waals surface area contributed by atoms with Crippen molar-refractivity contribution < 1.29 is 8.42 Å². The fraction of sp³-hybridized carbons (Fsp3) is 0.273. The van der Waals surface area contributed by atoms with Crippen molar-refractivity contribution in [1.29, 1.82) is 0 Å². The van der Waals surface area contributed by atoms with Gasteiger partial charge in [-0.05, 0) is 31.2 Å². The van der Waals surface area contributed by atoms with E-state index in [2.05, 4.69) is 26.6 Å². The molecule has 0 radical (unpaired) electrons. The molecule has 0 bridgehead atoms. The summed E-state index contributed by atoms with van der Waals surface area (Å²) in [4.78, 5) is 0.236. The van der Waals surface area contributed by atoms with E-state index in [4.69, 9.17) is 6.42 Å². The Labute approximate surface area is 104 Å². The Morgan fingerprint density at radius 2 is 2.00 bits per heavy atom. The number of hydrogen-bond acceptors (Lipinski definition) is 2. The molecule has 1 N–H and O–H groups in total. The minimum absolute atomic E-state index is 0.236. The molecular weight excluding hydrogens is 290 g/mol. The van der Waals surface area contributed by atoms with E-state index in [0.29, 0.717) is 6.42 Å². The summed E-state index contributed by atoms with van der Waals surface area (Å²) in [7, 11) is -3.46. The molecule has 1 aromatic rings. The molecule has 0 aliphatic carbocycles. The van der Waals surface area contributed by atoms with Crippen LogP contribution in [0.5, 0.6) is 0 Å². The molecule has 16 heavy (non-hydrogen) atoms. The van der Waals surface area contributed by atoms with Gasteiger partial charge in [-0.2, -0.15) is 0 Å². The minimum Gasteiger partial charge on any atom is -0.207 e. The maximum absolute atomic E-state index is 11.8. The van der Waals surface area contributed by atoms with Crippen LogP contribution in [0.2, 0.25) is 0 Å². The fourth-order valence-corrected chi connectivity index (χ4v) is 2.67. The van der Waals surface area contributed by atoms with Crippen molar-refractivity contribution in [3.8, 4) is 12.3 Å². The third-order valence-electron chi connectivity index (χ3n) is 1.90. The van der Waals surface area contributed by atoms with Crippen molar-refractivity contribution in [2.75, 3.05) is 0 Å². The molecule has 1 atom stereocenters. The zero-order valence-electron chi connectivity index (χ0n) is 8.77. The Hall–Kier alpha value is -0.830. The smallest absolute Gasteiger partial charge is 0.207 e. The summed E-state index contributed by atoms with van der Waals surface area (Å²) in [6.45, 7) is 1.73. The van der Waals surface area contributed by atoms with E-state index >= 15 is 0 Å². The average molecular weight is 302 g/mol. The lowest BCUT2D eigenvalue weighted by Crippen LogP contribution is -2.32. The SMILES string of the molecule is C#CCC(C)NS(=O)(=O)c1ccc(Br)cc1. The number of hydrogen-bond donors (Lipinski definition) is 1. The second kappa shape index (κ2) is 5.48. The van der Waals surface area contributed by atoms with Gasteiger partial charge in [-0.3, -0.25) is 0 Å². The zero-order chi connectivity index (χ0) is 12.2. The summed E-state index contributed by atoms with van der Waals surface area (Å²) >= 11 is 3.25. The maximum atomic E-state index is 11.8. The molecule has 0 aliphatic rings. The van der Waals surface area contributed by atoms with Gasteiger partial charge in [0.25, 0.3) is 0 Å². The normalized spacial score (nSPS) is 13.1. The van der Waals surface area contributed by atoms with E-state index in [1.165, 1.54) is 12.1 Å². The Morgan fingerprint density at radius 1 is 1.44 bits per heavy atom. The summed E-state index contributed by atoms with van der Waals surface area (Å²) in [6.07, 6.45) is 5.49. The molecule has 0 fully saturated rings. The third-order valence-corrected chi connectivity index (χ3v) is 4.04. The van der Waals surface area contributed by atoms with E-state index in [1.807, 2.05) is 0 Å². The molecule has 0 aromatic heterocycles. The Morgan fingerprint density at radius 3 is 2.50 bits per heavy atom. The van der Waals surface area contributed by atoms with E-state index in [0.717, 1.165) is 4.47 Å². The predicted molar refractivity (Wildman–Crippen MR) is 67.4 cm³/mol. The van der Waals surface area contributed by atoms with Crippen molar-refractivity contribution in [3.05, 3.63) is 28.7 Å². The quantitative estimate of drug-likeness (QED) is 0.866. The van der Waals surface area contributed by atoms with E-state index < -0.39 is 10.0 Å². The first-order chi connectivity index (χ1) is 7.45. The van der Waals surface area contributed by atoms with Crippen LogP contribution in [-0.4, -0.2) is 14.5 Å². The van der Waals surface area contributed by atoms with Gasteiger partial charge >= 0.3 is 0 Å². The van der Waals surface area contributed by atoms with E-state index in [9.17, 15) is 8.42 Å². The molecule has 0 amide bonds. The van der Waals surface area contributed by atoms with Gasteiger partial charge in [0.1, 0.15) is 0 Å². The van der Waals surface area contributed by atoms with E-state index in [1.54, 1.807) is 19.1 Å². The first-order valence-corrected chi connectivity index (χ1v) is 6.94. The molecule has 1 rings (SSSR count). The molecule has 0 saturated heterocycles. The summed E-state index contributed by atoms with van der Waals surface area (Å²) in [5, 5.41) is 0. The van der Waals surface area contributed by atoms with Crippen molar-refractivity contribution in [1.82, 2.24) is 4.72 Å². The highest BCUT2D eigenvalue weighted by Crippen LogP contribution is 2.14. The molecule has 0 aliphatic heterocycles. The summed E-state index contributed by atoms with van der Waals surface area (Å²) in [5.74, 6) is 2.42. The van der Waals surface area contributed by atoms with Crippen LogP contribution >= 0.6 is 15.9 Å². The van der Waals surface area contributed by atoms with Crippen molar-refractivity contribution in [3.63, 3.8) is 0 Å². The van der Waals surface area contributed by atoms with Gasteiger partial charge in [-0.25, -0.2) is 13.1 Å². The Bertz CT molecular complexity index is 488. The first-order valence-electron chi connectivity index (χ1n) is 4.67. The lowest BCUT2D eigenvalue weighted by atomic mass is 10.3. The maximum Gasteiger partial charge on any atom is 0.240 e. The molecule has 0 saturated carbocycles. The van der Waals surface area contributed by atoms with Gasteiger partial charge < -0.3 is 0 Å². The van der Waals surface area contributed by atoms with Crippen LogP contribution in [0.1, 0.15) is 13.3 Å². The van der Waals surface area contributed by atoms with Crippen LogP contribution in [0.3, 0.4) is 0 Å². The number of benzene rings is 1. The topological polar surface area (TPSA) is 46.2 Å². The number of rotatable bonds is 4. The van der Waals surface area contributed by atoms with Crippen LogP contribution in [-0.2, 0) is 10.0 Å². The Balaban J connectivity index is 2.87. The van der Waals surface area contributed by atoms with Crippen LogP contribution in [0.15, 0.2) is 33.6 Å². The molecule has 3 nitrogen and oxygen atoms in total. The first kappa shape index (κ1) is 13.2. The number of halogens is 1. The lowest BCUT2D eigenvalue weighted by molar-refractivity contribution is 0.563. The largest absolute Gasteiger partial charge is 0.240 e. The van der Waals surface area contributed by atoms with Crippen LogP contribution in [0, 0.1) is 12.3 Å². The monoisotopic (exact) mass is 301 g/mol. The number of sulfonamides is 1. The lowest BCUT2D eigenvalue weighted by Gasteiger charge is -2.11. The standard InChI is InChI=1S/C11H12BrNO2S/c1-3-4-9(2)13-16(14,15)11-7-5-10(12)6-8-11/h1,5-9,13H,4H2,2H3. The molecular formula is C11H12BrNO2S. The molecule has 0 spiro atoms. The summed E-state index contributed by atoms with van der Waals surface area (Å²) in [5.41, 5.74) is 0. The number of terminal acetylenes is 1. The Kier molecular flexibility index (Phi) is 4.54. The molecule has 86 valence electrons. The van der Waals surface area contributed by atoms with Crippen LogP contribution in [0.4, 0.5) is 0 Å². The van der Waals surface area contributed by atoms with Gasteiger partial charge in [-0.1, -0.05) is 15.9 Å². The molecule has 5 heteroatoms. The van der Waals surface area contributed by atoms with Gasteiger partial charge in [0.05, 0.1) is 4.90 Å². The van der Waals surface area contributed by atoms with Crippen molar-refractivity contribution in [2.45, 2.75) is 24.3 Å². The second-order valence-corrected chi connectivity index (χ2v) is 6.01. The van der Waals surface area contributed by atoms with Gasteiger partial charge in [-0.15, -0.1) is 12.3 Å². The van der Waals surface area contributed by atoms with Crippen molar-refractivity contribution >= 4 is 26.0 Å². The highest BCUT2D eigenvalue weighted by Gasteiger charge is 2.16. The van der Waals surface area contributed by atoms with Crippen LogP contribution < -0.4 is 4.72 Å². The van der Waals surface area contributed by atoms with Gasteiger partial charge in [0, 0.05) is 16.9 Å². The van der Waals surface area contributed by atoms with E-state index in [-0.39, 0.29) is 10.9 Å². The van der Waals surface area contributed by atoms with Gasteiger partial charge in [0.15, 0.2) is 0 Å². The highest BCUT2D eigenvalue weighted by molar-refractivity contribution is 9.10. The predicted octanol–water partition coefficient (Wildman–Crippen LogP) is 2.14.